The predicted molar refractivity (Wildman–Crippen MR) is 88.3 cm³/mol. The molecule has 3 heteroatoms. The van der Waals surface area contributed by atoms with Crippen LogP contribution in [0.15, 0.2) is 84.5 Å². The summed E-state index contributed by atoms with van der Waals surface area (Å²) < 4.78 is 0. The lowest BCUT2D eigenvalue weighted by molar-refractivity contribution is 0.0532. The quantitative estimate of drug-likeness (QED) is 0.881. The summed E-state index contributed by atoms with van der Waals surface area (Å²) in [6.45, 7) is 0. The molecule has 0 radical (unpaired) electrons. The molecule has 0 amide bonds. The Balaban J connectivity index is 1.79. The average molecular weight is 304 g/mol. The van der Waals surface area contributed by atoms with E-state index in [2.05, 4.69) is 0 Å². The molecule has 0 bridgehead atoms. The van der Waals surface area contributed by atoms with Gasteiger partial charge in [0.25, 0.3) is 0 Å². The van der Waals surface area contributed by atoms with Crippen LogP contribution in [0.2, 0.25) is 0 Å². The second-order valence-corrected chi connectivity index (χ2v) is 5.51. The number of hydrogen-bond donors (Lipinski definition) is 1. The Morgan fingerprint density at radius 3 is 1.96 bits per heavy atom. The second kappa shape index (κ2) is 6.15. The van der Waals surface area contributed by atoms with E-state index < -0.39 is 5.60 Å². The van der Waals surface area contributed by atoms with Gasteiger partial charge in [0.05, 0.1) is 0 Å². The van der Waals surface area contributed by atoms with Crippen LogP contribution in [0.5, 0.6) is 0 Å². The lowest BCUT2D eigenvalue weighted by atomic mass is 9.84. The Kier molecular flexibility index (Phi) is 4.04. The molecular weight excluding hydrogens is 288 g/mol. The van der Waals surface area contributed by atoms with Crippen molar-refractivity contribution in [2.75, 3.05) is 0 Å². The van der Waals surface area contributed by atoms with E-state index in [0.29, 0.717) is 16.7 Å². The molecule has 0 spiro atoms. The lowest BCUT2D eigenvalue weighted by Crippen LogP contribution is -2.37. The molecule has 2 aromatic carbocycles. The third-order valence-corrected chi connectivity index (χ3v) is 3.90. The molecule has 2 aromatic rings. The monoisotopic (exact) mass is 304 g/mol. The second-order valence-electron chi connectivity index (χ2n) is 5.51. The highest BCUT2D eigenvalue weighted by Crippen LogP contribution is 2.26. The van der Waals surface area contributed by atoms with E-state index in [-0.39, 0.29) is 18.0 Å². The summed E-state index contributed by atoms with van der Waals surface area (Å²) in [5.41, 5.74) is -0.0715. The van der Waals surface area contributed by atoms with Crippen LogP contribution < -0.4 is 0 Å². The SMILES string of the molecule is O=C(C1=CCC(O)(C(=O)c2ccccc2)C=C1)c1ccccc1. The maximum Gasteiger partial charge on any atom is 0.198 e. The summed E-state index contributed by atoms with van der Waals surface area (Å²) in [5, 5.41) is 10.6. The molecule has 0 saturated heterocycles. The molecule has 0 heterocycles. The van der Waals surface area contributed by atoms with Crippen molar-refractivity contribution in [2.24, 2.45) is 0 Å². The first-order valence-electron chi connectivity index (χ1n) is 7.41. The molecule has 1 atom stereocenters. The van der Waals surface area contributed by atoms with Gasteiger partial charge in [-0.2, -0.15) is 0 Å². The van der Waals surface area contributed by atoms with Crippen LogP contribution >= 0.6 is 0 Å². The van der Waals surface area contributed by atoms with Crippen LogP contribution in [0.1, 0.15) is 27.1 Å². The molecule has 0 saturated carbocycles. The van der Waals surface area contributed by atoms with Crippen LogP contribution in [0.25, 0.3) is 0 Å². The summed E-state index contributed by atoms with van der Waals surface area (Å²) in [5.74, 6) is -0.479. The number of carbonyl (C=O) groups excluding carboxylic acids is 2. The number of rotatable bonds is 4. The number of aliphatic hydroxyl groups is 1. The first kappa shape index (κ1) is 15.1. The Morgan fingerprint density at radius 2 is 1.43 bits per heavy atom. The molecule has 0 fully saturated rings. The standard InChI is InChI=1S/C20H16O3/c21-18(15-7-3-1-4-8-15)16-11-13-20(23,14-12-16)19(22)17-9-5-2-6-10-17/h1-13,23H,14H2. The maximum absolute atomic E-state index is 12.5. The molecule has 1 aliphatic rings. The highest BCUT2D eigenvalue weighted by Gasteiger charge is 2.35. The van der Waals surface area contributed by atoms with Crippen LogP contribution in [0.3, 0.4) is 0 Å². The molecule has 0 aromatic heterocycles. The van der Waals surface area contributed by atoms with Gasteiger partial charge >= 0.3 is 0 Å². The molecule has 1 N–H and O–H groups in total. The fraction of sp³-hybridized carbons (Fsp3) is 0.100. The van der Waals surface area contributed by atoms with Gasteiger partial charge in [0.2, 0.25) is 0 Å². The number of ketones is 2. The number of Topliss-reactive ketones (excluding diaryl/α,β-unsaturated/α-hetero) is 2. The topological polar surface area (TPSA) is 54.4 Å². The fourth-order valence-electron chi connectivity index (χ4n) is 2.56. The zero-order valence-electron chi connectivity index (χ0n) is 12.5. The van der Waals surface area contributed by atoms with Crippen molar-refractivity contribution in [1.29, 1.82) is 0 Å². The molecule has 114 valence electrons. The highest BCUT2D eigenvalue weighted by molar-refractivity contribution is 6.11. The fourth-order valence-corrected chi connectivity index (χ4v) is 2.56. The highest BCUT2D eigenvalue weighted by atomic mass is 16.3. The van der Waals surface area contributed by atoms with E-state index in [1.807, 2.05) is 12.1 Å². The summed E-state index contributed by atoms with van der Waals surface area (Å²) >= 11 is 0. The van der Waals surface area contributed by atoms with E-state index in [0.717, 1.165) is 0 Å². The zero-order valence-corrected chi connectivity index (χ0v) is 12.5. The van der Waals surface area contributed by atoms with Crippen molar-refractivity contribution in [3.63, 3.8) is 0 Å². The number of hydrogen-bond acceptors (Lipinski definition) is 3. The van der Waals surface area contributed by atoms with Crippen molar-refractivity contribution in [3.05, 3.63) is 95.6 Å². The van der Waals surface area contributed by atoms with Crippen molar-refractivity contribution in [3.8, 4) is 0 Å². The molecule has 0 aliphatic heterocycles. The van der Waals surface area contributed by atoms with Crippen molar-refractivity contribution in [1.82, 2.24) is 0 Å². The van der Waals surface area contributed by atoms with Gasteiger partial charge in [0.1, 0.15) is 5.60 Å². The van der Waals surface area contributed by atoms with Gasteiger partial charge in [0, 0.05) is 23.1 Å². The van der Waals surface area contributed by atoms with Crippen LogP contribution in [-0.2, 0) is 0 Å². The van der Waals surface area contributed by atoms with Gasteiger partial charge in [-0.15, -0.1) is 0 Å². The van der Waals surface area contributed by atoms with Crippen molar-refractivity contribution < 1.29 is 14.7 Å². The average Bonchev–Trinajstić information content (AvgIpc) is 2.62. The van der Waals surface area contributed by atoms with Crippen LogP contribution in [0, 0.1) is 0 Å². The Hall–Kier alpha value is -2.78. The summed E-state index contributed by atoms with van der Waals surface area (Å²) in [4.78, 5) is 24.8. The largest absolute Gasteiger partial charge is 0.377 e. The van der Waals surface area contributed by atoms with E-state index in [9.17, 15) is 14.7 Å². The first-order valence-corrected chi connectivity index (χ1v) is 7.41. The third-order valence-electron chi connectivity index (χ3n) is 3.90. The summed E-state index contributed by atoms with van der Waals surface area (Å²) in [6.07, 6.45) is 4.65. The smallest absolute Gasteiger partial charge is 0.198 e. The van der Waals surface area contributed by atoms with Gasteiger partial charge in [0.15, 0.2) is 11.6 Å². The minimum atomic E-state index is -1.60. The van der Waals surface area contributed by atoms with Gasteiger partial charge in [-0.25, -0.2) is 0 Å². The molecule has 1 unspecified atom stereocenters. The van der Waals surface area contributed by atoms with Crippen LogP contribution in [-0.4, -0.2) is 22.3 Å². The minimum absolute atomic E-state index is 0.0884. The van der Waals surface area contributed by atoms with Gasteiger partial charge < -0.3 is 5.11 Å². The third kappa shape index (κ3) is 3.05. The maximum atomic E-state index is 12.5. The molecule has 3 nitrogen and oxygen atoms in total. The number of allylic oxidation sites excluding steroid dienone is 2. The molecule has 23 heavy (non-hydrogen) atoms. The molecular formula is C20H16O3. The number of benzene rings is 2. The molecule has 3 rings (SSSR count). The van der Waals surface area contributed by atoms with E-state index in [1.165, 1.54) is 12.2 Å². The normalized spacial score (nSPS) is 20.0. The van der Waals surface area contributed by atoms with E-state index >= 15 is 0 Å². The Bertz CT molecular complexity index is 788. The zero-order chi connectivity index (χ0) is 16.3. The van der Waals surface area contributed by atoms with Gasteiger partial charge in [-0.05, 0) is 6.08 Å². The van der Waals surface area contributed by atoms with Gasteiger partial charge in [-0.1, -0.05) is 72.8 Å². The summed E-state index contributed by atoms with van der Waals surface area (Å²) in [6, 6.07) is 17.6. The predicted octanol–water partition coefficient (Wildman–Crippen LogP) is 3.37. The van der Waals surface area contributed by atoms with E-state index in [1.54, 1.807) is 54.6 Å². The molecule has 1 aliphatic carbocycles. The van der Waals surface area contributed by atoms with Crippen molar-refractivity contribution in [2.45, 2.75) is 12.0 Å². The lowest BCUT2D eigenvalue weighted by Gasteiger charge is -2.25. The van der Waals surface area contributed by atoms with Gasteiger partial charge in [-0.3, -0.25) is 9.59 Å². The Morgan fingerprint density at radius 1 is 0.870 bits per heavy atom. The first-order chi connectivity index (χ1) is 11.1. The minimum Gasteiger partial charge on any atom is -0.377 e. The Labute approximate surface area is 134 Å². The summed E-state index contributed by atoms with van der Waals surface area (Å²) in [7, 11) is 0. The van der Waals surface area contributed by atoms with Crippen molar-refractivity contribution >= 4 is 11.6 Å². The van der Waals surface area contributed by atoms with Crippen LogP contribution in [0.4, 0.5) is 0 Å². The van der Waals surface area contributed by atoms with E-state index in [4.69, 9.17) is 0 Å². The number of carbonyl (C=O) groups is 2.